The van der Waals surface area contributed by atoms with Crippen molar-refractivity contribution in [1.29, 1.82) is 0 Å². The lowest BCUT2D eigenvalue weighted by Gasteiger charge is -2.01. The summed E-state index contributed by atoms with van der Waals surface area (Å²) in [5, 5.41) is 22.6. The fraction of sp³-hybridized carbons (Fsp3) is 0.684. The van der Waals surface area contributed by atoms with Crippen LogP contribution in [0.4, 0.5) is 0 Å². The average Bonchev–Trinajstić information content (AvgIpc) is 2.59. The number of hydrogen-bond acceptors (Lipinski definition) is 5. The van der Waals surface area contributed by atoms with Crippen LogP contribution < -0.4 is 10.6 Å². The molecule has 0 heterocycles. The van der Waals surface area contributed by atoms with Crippen LogP contribution in [0, 0.1) is 23.7 Å². The molecule has 0 fully saturated rings. The summed E-state index contributed by atoms with van der Waals surface area (Å²) >= 11 is 0. The minimum absolute atomic E-state index is 0.00496. The summed E-state index contributed by atoms with van der Waals surface area (Å²) in [6.07, 6.45) is 6.72. The van der Waals surface area contributed by atoms with Crippen LogP contribution >= 0.6 is 0 Å². The van der Waals surface area contributed by atoms with Gasteiger partial charge in [-0.15, -0.1) is 0 Å². The van der Waals surface area contributed by atoms with Gasteiger partial charge in [0.1, 0.15) is 6.61 Å². The molecule has 0 aromatic carbocycles. The molecule has 0 saturated heterocycles. The maximum Gasteiger partial charge on any atom is 0.317 e. The molecule has 0 aliphatic rings. The van der Waals surface area contributed by atoms with Crippen molar-refractivity contribution in [2.24, 2.45) is 0 Å². The third kappa shape index (κ3) is 21.9. The van der Waals surface area contributed by atoms with Gasteiger partial charge in [0.15, 0.2) is 0 Å². The predicted octanol–water partition coefficient (Wildman–Crippen LogP) is 1.09. The highest BCUT2D eigenvalue weighted by Gasteiger charge is 1.95. The lowest BCUT2D eigenvalue weighted by atomic mass is 10.1. The van der Waals surface area contributed by atoms with Gasteiger partial charge in [0.2, 0.25) is 0 Å². The Bertz CT molecular complexity index is 454. The van der Waals surface area contributed by atoms with Gasteiger partial charge < -0.3 is 25.6 Å². The quantitative estimate of drug-likeness (QED) is 0.239. The number of aliphatic carboxylic acids is 2. The van der Waals surface area contributed by atoms with Gasteiger partial charge in [-0.2, -0.15) is 0 Å². The molecule has 0 unspecified atom stereocenters. The van der Waals surface area contributed by atoms with Crippen LogP contribution in [0.5, 0.6) is 0 Å². The van der Waals surface area contributed by atoms with Gasteiger partial charge in [-0.1, -0.05) is 24.7 Å². The molecule has 0 aliphatic carbocycles. The molecule has 4 N–H and O–H groups in total. The van der Waals surface area contributed by atoms with E-state index in [1.165, 1.54) is 0 Å². The highest BCUT2D eigenvalue weighted by atomic mass is 16.5. The summed E-state index contributed by atoms with van der Waals surface area (Å²) in [4.78, 5) is 20.6. The molecular formula is C19H30N2O5. The number of carboxylic acid groups (broad SMARTS) is 2. The van der Waals surface area contributed by atoms with Crippen molar-refractivity contribution in [3.8, 4) is 23.7 Å². The summed E-state index contributed by atoms with van der Waals surface area (Å²) in [7, 11) is 0. The topological polar surface area (TPSA) is 108 Å². The zero-order valence-corrected chi connectivity index (χ0v) is 15.3. The van der Waals surface area contributed by atoms with Crippen LogP contribution in [0.3, 0.4) is 0 Å². The molecular weight excluding hydrogens is 336 g/mol. The molecule has 26 heavy (non-hydrogen) atoms. The Labute approximate surface area is 155 Å². The molecule has 0 saturated carbocycles. The molecule has 0 spiro atoms. The van der Waals surface area contributed by atoms with E-state index in [0.717, 1.165) is 51.5 Å². The van der Waals surface area contributed by atoms with E-state index in [0.29, 0.717) is 19.8 Å². The van der Waals surface area contributed by atoms with E-state index in [1.807, 2.05) is 0 Å². The summed E-state index contributed by atoms with van der Waals surface area (Å²) in [6.45, 7) is 2.40. The second kappa shape index (κ2) is 19.3. The maximum absolute atomic E-state index is 10.3. The molecule has 7 heteroatoms. The van der Waals surface area contributed by atoms with Crippen molar-refractivity contribution in [1.82, 2.24) is 10.6 Å². The molecule has 0 amide bonds. The van der Waals surface area contributed by atoms with E-state index in [9.17, 15) is 9.59 Å². The fourth-order valence-electron chi connectivity index (χ4n) is 1.97. The molecule has 0 atom stereocenters. The number of carboxylic acids is 2. The number of unbranched alkanes of at least 4 members (excludes halogenated alkanes) is 5. The number of ether oxygens (including phenoxy) is 1. The van der Waals surface area contributed by atoms with Crippen molar-refractivity contribution in [3.05, 3.63) is 0 Å². The zero-order valence-electron chi connectivity index (χ0n) is 15.3. The van der Waals surface area contributed by atoms with Crippen molar-refractivity contribution in [2.45, 2.75) is 44.9 Å². The fourth-order valence-corrected chi connectivity index (χ4v) is 1.97. The first-order valence-corrected chi connectivity index (χ1v) is 9.01. The molecule has 0 radical (unpaired) electrons. The molecule has 0 bridgehead atoms. The second-order valence-electron chi connectivity index (χ2n) is 5.67. The van der Waals surface area contributed by atoms with Crippen LogP contribution in [0.1, 0.15) is 44.9 Å². The van der Waals surface area contributed by atoms with Gasteiger partial charge in [-0.05, 0) is 50.6 Å². The molecule has 0 aliphatic heterocycles. The van der Waals surface area contributed by atoms with Gasteiger partial charge in [0, 0.05) is 13.0 Å². The van der Waals surface area contributed by atoms with E-state index in [4.69, 9.17) is 14.9 Å². The van der Waals surface area contributed by atoms with Gasteiger partial charge in [0.05, 0.1) is 13.1 Å². The number of nitrogens with one attached hydrogen (secondary N) is 2. The SMILES string of the molecule is O=C(O)CNCCCCCCC#CC#CCOCCCCNCC(=O)O. The first-order valence-electron chi connectivity index (χ1n) is 9.01. The van der Waals surface area contributed by atoms with Crippen molar-refractivity contribution < 1.29 is 24.5 Å². The largest absolute Gasteiger partial charge is 0.480 e. The Hall–Kier alpha value is -2.06. The molecule has 0 aromatic rings. The summed E-state index contributed by atoms with van der Waals surface area (Å²) in [5.41, 5.74) is 0. The number of rotatable bonds is 16. The van der Waals surface area contributed by atoms with Gasteiger partial charge in [-0.3, -0.25) is 9.59 Å². The average molecular weight is 366 g/mol. The lowest BCUT2D eigenvalue weighted by molar-refractivity contribution is -0.136. The predicted molar refractivity (Wildman–Crippen MR) is 99.7 cm³/mol. The van der Waals surface area contributed by atoms with Gasteiger partial charge in [0.25, 0.3) is 0 Å². The van der Waals surface area contributed by atoms with Gasteiger partial charge in [-0.25, -0.2) is 0 Å². The third-order valence-electron chi connectivity index (χ3n) is 3.26. The third-order valence-corrected chi connectivity index (χ3v) is 3.26. The monoisotopic (exact) mass is 366 g/mol. The first kappa shape index (κ1) is 23.9. The number of hydrogen-bond donors (Lipinski definition) is 4. The maximum atomic E-state index is 10.3. The van der Waals surface area contributed by atoms with Crippen LogP contribution in [-0.2, 0) is 14.3 Å². The van der Waals surface area contributed by atoms with Crippen LogP contribution in [-0.4, -0.2) is 61.5 Å². The normalized spacial score (nSPS) is 9.69. The summed E-state index contributed by atoms with van der Waals surface area (Å²) in [5.74, 6) is 9.75. The van der Waals surface area contributed by atoms with E-state index in [2.05, 4.69) is 34.3 Å². The number of carbonyl (C=O) groups is 2. The Morgan fingerprint density at radius 2 is 1.35 bits per heavy atom. The Morgan fingerprint density at radius 3 is 2.00 bits per heavy atom. The van der Waals surface area contributed by atoms with E-state index in [-0.39, 0.29) is 13.1 Å². The zero-order chi connectivity index (χ0) is 19.3. The Morgan fingerprint density at radius 1 is 0.769 bits per heavy atom. The van der Waals surface area contributed by atoms with Crippen molar-refractivity contribution in [2.75, 3.05) is 39.4 Å². The Kier molecular flexibility index (Phi) is 17.7. The van der Waals surface area contributed by atoms with Crippen molar-refractivity contribution in [3.63, 3.8) is 0 Å². The van der Waals surface area contributed by atoms with Crippen LogP contribution in [0.15, 0.2) is 0 Å². The highest BCUT2D eigenvalue weighted by molar-refractivity contribution is 5.69. The minimum atomic E-state index is -0.845. The molecule has 0 rings (SSSR count). The van der Waals surface area contributed by atoms with Crippen molar-refractivity contribution >= 4 is 11.9 Å². The Balaban J connectivity index is 3.29. The van der Waals surface area contributed by atoms with E-state index < -0.39 is 11.9 Å². The molecule has 146 valence electrons. The second-order valence-corrected chi connectivity index (χ2v) is 5.67. The van der Waals surface area contributed by atoms with Crippen LogP contribution in [0.2, 0.25) is 0 Å². The lowest BCUT2D eigenvalue weighted by Crippen LogP contribution is -2.23. The van der Waals surface area contributed by atoms with Crippen LogP contribution in [0.25, 0.3) is 0 Å². The summed E-state index contributed by atoms with van der Waals surface area (Å²) in [6, 6.07) is 0. The summed E-state index contributed by atoms with van der Waals surface area (Å²) < 4.78 is 5.34. The minimum Gasteiger partial charge on any atom is -0.480 e. The molecule has 7 nitrogen and oxygen atoms in total. The highest BCUT2D eigenvalue weighted by Crippen LogP contribution is 2.01. The van der Waals surface area contributed by atoms with Gasteiger partial charge >= 0.3 is 11.9 Å². The standard InChI is InChI=1S/C19H30N2O5/c22-18(23)16-20-12-8-6-4-2-1-3-5-7-10-14-26-15-11-9-13-21-17-19(24)25/h20-21H,1-2,4,6,8-9,11-17H2,(H,22,23)(H,24,25). The smallest absolute Gasteiger partial charge is 0.317 e. The van der Waals surface area contributed by atoms with E-state index in [1.54, 1.807) is 0 Å². The molecule has 0 aromatic heterocycles. The van der Waals surface area contributed by atoms with E-state index >= 15 is 0 Å². The first-order chi connectivity index (χ1) is 12.6.